The Bertz CT molecular complexity index is 404. The summed E-state index contributed by atoms with van der Waals surface area (Å²) in [5, 5.41) is -0.0686. The molecule has 0 fully saturated rings. The molecule has 1 aromatic carbocycles. The highest BCUT2D eigenvalue weighted by atomic mass is 32.2. The van der Waals surface area contributed by atoms with E-state index in [1.54, 1.807) is 32.3 Å². The van der Waals surface area contributed by atoms with Crippen molar-refractivity contribution in [2.75, 3.05) is 21.2 Å². The van der Waals surface area contributed by atoms with Crippen LogP contribution in [-0.2, 0) is 0 Å². The van der Waals surface area contributed by atoms with E-state index < -0.39 is 0 Å². The highest BCUT2D eigenvalue weighted by Crippen LogP contribution is 2.26. The number of rotatable bonds is 3. The number of hydrogen-bond acceptors (Lipinski definition) is 4. The van der Waals surface area contributed by atoms with Gasteiger partial charge in [-0.25, -0.2) is 0 Å². The summed E-state index contributed by atoms with van der Waals surface area (Å²) < 4.78 is 5.05. The Morgan fingerprint density at radius 1 is 1.44 bits per heavy atom. The minimum absolute atomic E-state index is 0.0686. The molecule has 4 nitrogen and oxygen atoms in total. The summed E-state index contributed by atoms with van der Waals surface area (Å²) >= 11 is 1.09. The van der Waals surface area contributed by atoms with Gasteiger partial charge in [0.2, 0.25) is 0 Å². The molecule has 0 radical (unpaired) electrons. The molecule has 1 rings (SSSR count). The van der Waals surface area contributed by atoms with Crippen molar-refractivity contribution in [2.24, 2.45) is 0 Å². The predicted octanol–water partition coefficient (Wildman–Crippen LogP) is 2.28. The molecule has 0 N–H and O–H groups in total. The number of carbonyl (C=O) groups excluding carboxylic acids is 2. The lowest BCUT2D eigenvalue weighted by atomic mass is 10.2. The molecule has 0 aliphatic rings. The fourth-order valence-corrected chi connectivity index (χ4v) is 1.73. The average molecular weight is 239 g/mol. The maximum absolute atomic E-state index is 11.4. The monoisotopic (exact) mass is 239 g/mol. The second kappa shape index (κ2) is 5.55. The van der Waals surface area contributed by atoms with Crippen molar-refractivity contribution in [1.29, 1.82) is 0 Å². The molecular formula is C11H13NO3S. The first-order valence-electron chi connectivity index (χ1n) is 4.61. The molecule has 1 amide bonds. The Balaban J connectivity index is 2.91. The lowest BCUT2D eigenvalue weighted by Gasteiger charge is -2.10. The average Bonchev–Trinajstić information content (AvgIpc) is 2.28. The third-order valence-electron chi connectivity index (χ3n) is 1.90. The fourth-order valence-electron chi connectivity index (χ4n) is 1.04. The number of hydrogen-bond donors (Lipinski definition) is 0. The number of nitrogens with zero attached hydrogens (tertiary/aromatic N) is 1. The minimum atomic E-state index is -0.0686. The molecule has 0 aliphatic carbocycles. The molecule has 0 heterocycles. The van der Waals surface area contributed by atoms with Crippen LogP contribution in [0.1, 0.15) is 10.4 Å². The fraction of sp³-hybridized carbons (Fsp3) is 0.273. The molecule has 0 spiro atoms. The minimum Gasteiger partial charge on any atom is -0.496 e. The van der Waals surface area contributed by atoms with Crippen molar-refractivity contribution in [3.8, 4) is 5.75 Å². The largest absolute Gasteiger partial charge is 0.496 e. The highest BCUT2D eigenvalue weighted by molar-refractivity contribution is 8.13. The van der Waals surface area contributed by atoms with Crippen LogP contribution in [0.15, 0.2) is 23.1 Å². The second-order valence-electron chi connectivity index (χ2n) is 3.28. The summed E-state index contributed by atoms with van der Waals surface area (Å²) in [4.78, 5) is 24.4. The Labute approximate surface area is 98.6 Å². The van der Waals surface area contributed by atoms with Crippen LogP contribution in [0, 0.1) is 0 Å². The van der Waals surface area contributed by atoms with Crippen LogP contribution in [0.2, 0.25) is 0 Å². The van der Waals surface area contributed by atoms with Gasteiger partial charge in [0.05, 0.1) is 12.7 Å². The van der Waals surface area contributed by atoms with Crippen LogP contribution in [0.3, 0.4) is 0 Å². The summed E-state index contributed by atoms with van der Waals surface area (Å²) in [5.41, 5.74) is 0.476. The standard InChI is InChI=1S/C11H13NO3S/c1-12(2)11(14)16-9-5-4-8(7-13)10(6-9)15-3/h4-7H,1-3H3. The van der Waals surface area contributed by atoms with E-state index in [9.17, 15) is 9.59 Å². The first-order valence-corrected chi connectivity index (χ1v) is 5.42. The number of aldehydes is 1. The molecule has 86 valence electrons. The van der Waals surface area contributed by atoms with Crippen LogP contribution in [0.25, 0.3) is 0 Å². The SMILES string of the molecule is COc1cc(SC(=O)N(C)C)ccc1C=O. The zero-order chi connectivity index (χ0) is 12.1. The Morgan fingerprint density at radius 3 is 2.62 bits per heavy atom. The topological polar surface area (TPSA) is 46.6 Å². The lowest BCUT2D eigenvalue weighted by molar-refractivity contribution is 0.112. The van der Waals surface area contributed by atoms with E-state index in [0.717, 1.165) is 22.9 Å². The van der Waals surface area contributed by atoms with Gasteiger partial charge in [-0.1, -0.05) is 0 Å². The quantitative estimate of drug-likeness (QED) is 0.599. The van der Waals surface area contributed by atoms with Gasteiger partial charge in [0, 0.05) is 19.0 Å². The predicted molar refractivity (Wildman–Crippen MR) is 63.3 cm³/mol. The second-order valence-corrected chi connectivity index (χ2v) is 4.31. The molecular weight excluding hydrogens is 226 g/mol. The molecule has 0 unspecified atom stereocenters. The van der Waals surface area contributed by atoms with Crippen LogP contribution in [0.5, 0.6) is 5.75 Å². The van der Waals surface area contributed by atoms with Crippen molar-refractivity contribution in [1.82, 2.24) is 4.90 Å². The zero-order valence-electron chi connectivity index (χ0n) is 9.39. The third kappa shape index (κ3) is 3.00. The van der Waals surface area contributed by atoms with Gasteiger partial charge >= 0.3 is 0 Å². The van der Waals surface area contributed by atoms with Gasteiger partial charge in [0.1, 0.15) is 5.75 Å². The number of thioether (sulfide) groups is 1. The third-order valence-corrected chi connectivity index (χ3v) is 2.93. The van der Waals surface area contributed by atoms with E-state index in [2.05, 4.69) is 0 Å². The van der Waals surface area contributed by atoms with Gasteiger partial charge in [-0.2, -0.15) is 0 Å². The van der Waals surface area contributed by atoms with Gasteiger partial charge in [-0.05, 0) is 30.0 Å². The maximum atomic E-state index is 11.4. The molecule has 0 saturated carbocycles. The Morgan fingerprint density at radius 2 is 2.12 bits per heavy atom. The summed E-state index contributed by atoms with van der Waals surface area (Å²) in [5.74, 6) is 0.478. The van der Waals surface area contributed by atoms with E-state index in [-0.39, 0.29) is 5.24 Å². The van der Waals surface area contributed by atoms with Gasteiger partial charge in [0.15, 0.2) is 6.29 Å². The van der Waals surface area contributed by atoms with Crippen LogP contribution in [-0.4, -0.2) is 37.6 Å². The molecule has 5 heteroatoms. The summed E-state index contributed by atoms with van der Waals surface area (Å²) in [6.45, 7) is 0. The smallest absolute Gasteiger partial charge is 0.285 e. The molecule has 1 aromatic rings. The Kier molecular flexibility index (Phi) is 4.37. The zero-order valence-corrected chi connectivity index (χ0v) is 10.2. The highest BCUT2D eigenvalue weighted by Gasteiger charge is 2.09. The lowest BCUT2D eigenvalue weighted by Crippen LogP contribution is -2.16. The molecule has 0 aromatic heterocycles. The molecule has 0 atom stereocenters. The first-order chi connectivity index (χ1) is 7.58. The van der Waals surface area contributed by atoms with E-state index in [1.807, 2.05) is 0 Å². The summed E-state index contributed by atoms with van der Waals surface area (Å²) in [6, 6.07) is 5.03. The van der Waals surface area contributed by atoms with E-state index in [4.69, 9.17) is 4.74 Å². The molecule has 0 aliphatic heterocycles. The number of amides is 1. The van der Waals surface area contributed by atoms with Crippen molar-refractivity contribution in [3.63, 3.8) is 0 Å². The summed E-state index contributed by atoms with van der Waals surface area (Å²) in [7, 11) is 4.86. The molecule has 0 saturated heterocycles. The maximum Gasteiger partial charge on any atom is 0.285 e. The van der Waals surface area contributed by atoms with Gasteiger partial charge in [0.25, 0.3) is 5.24 Å². The molecule has 0 bridgehead atoms. The number of ether oxygens (including phenoxy) is 1. The van der Waals surface area contributed by atoms with Crippen LogP contribution in [0.4, 0.5) is 4.79 Å². The van der Waals surface area contributed by atoms with E-state index in [1.165, 1.54) is 12.0 Å². The van der Waals surface area contributed by atoms with Crippen molar-refractivity contribution in [3.05, 3.63) is 23.8 Å². The van der Waals surface area contributed by atoms with Gasteiger partial charge in [-0.3, -0.25) is 9.59 Å². The van der Waals surface area contributed by atoms with E-state index in [0.29, 0.717) is 11.3 Å². The molecule has 16 heavy (non-hydrogen) atoms. The van der Waals surface area contributed by atoms with Crippen molar-refractivity contribution >= 4 is 23.3 Å². The summed E-state index contributed by atoms with van der Waals surface area (Å²) in [6.07, 6.45) is 0.723. The van der Waals surface area contributed by atoms with Crippen LogP contribution < -0.4 is 4.74 Å². The normalized spacial score (nSPS) is 9.69. The van der Waals surface area contributed by atoms with Crippen LogP contribution >= 0.6 is 11.8 Å². The van der Waals surface area contributed by atoms with Crippen molar-refractivity contribution in [2.45, 2.75) is 4.90 Å². The van der Waals surface area contributed by atoms with E-state index >= 15 is 0 Å². The first kappa shape index (κ1) is 12.6. The Hall–Kier alpha value is -1.49. The van der Waals surface area contributed by atoms with Gasteiger partial charge < -0.3 is 9.64 Å². The van der Waals surface area contributed by atoms with Gasteiger partial charge in [-0.15, -0.1) is 0 Å². The number of carbonyl (C=O) groups is 2. The number of methoxy groups -OCH3 is 1. The van der Waals surface area contributed by atoms with Crippen molar-refractivity contribution < 1.29 is 14.3 Å². The number of benzene rings is 1.